The Labute approximate surface area is 152 Å². The molecular formula is C21H21N3O2. The van der Waals surface area contributed by atoms with E-state index in [1.165, 1.54) is 0 Å². The third kappa shape index (κ3) is 4.60. The van der Waals surface area contributed by atoms with Crippen LogP contribution in [-0.4, -0.2) is 23.7 Å². The van der Waals surface area contributed by atoms with Crippen LogP contribution in [0.1, 0.15) is 17.0 Å². The van der Waals surface area contributed by atoms with Gasteiger partial charge >= 0.3 is 0 Å². The van der Waals surface area contributed by atoms with Gasteiger partial charge in [-0.3, -0.25) is 4.79 Å². The largest absolute Gasteiger partial charge is 0.484 e. The van der Waals surface area contributed by atoms with Crippen LogP contribution < -0.4 is 10.2 Å². The van der Waals surface area contributed by atoms with Gasteiger partial charge in [-0.1, -0.05) is 42.5 Å². The first-order valence-electron chi connectivity index (χ1n) is 8.38. The standard InChI is InChI=1S/C21H21N3O2/c1-15-12-19(16(2)23-15)13-22-24-21(25)14-26-20-10-8-18(9-11-20)17-6-4-3-5-7-17/h3-13,23H,14H2,1-2H3,(H,24,25)/b22-13+. The van der Waals surface area contributed by atoms with E-state index in [4.69, 9.17) is 4.74 Å². The summed E-state index contributed by atoms with van der Waals surface area (Å²) in [6.07, 6.45) is 1.62. The van der Waals surface area contributed by atoms with Gasteiger partial charge in [0.1, 0.15) is 5.75 Å². The molecule has 132 valence electrons. The normalized spacial score (nSPS) is 10.8. The third-order valence-electron chi connectivity index (χ3n) is 3.91. The molecule has 0 atom stereocenters. The molecular weight excluding hydrogens is 326 g/mol. The number of hydrogen-bond acceptors (Lipinski definition) is 3. The van der Waals surface area contributed by atoms with E-state index < -0.39 is 0 Å². The van der Waals surface area contributed by atoms with Crippen molar-refractivity contribution in [3.05, 3.63) is 77.6 Å². The average Bonchev–Trinajstić information content (AvgIpc) is 2.98. The zero-order chi connectivity index (χ0) is 18.4. The first kappa shape index (κ1) is 17.5. The number of carbonyl (C=O) groups is 1. The van der Waals surface area contributed by atoms with Crippen LogP contribution in [0.15, 0.2) is 65.8 Å². The molecule has 5 heteroatoms. The van der Waals surface area contributed by atoms with Gasteiger partial charge in [0, 0.05) is 17.0 Å². The molecule has 0 unspecified atom stereocenters. The fourth-order valence-electron chi connectivity index (χ4n) is 2.61. The number of ether oxygens (including phenoxy) is 1. The summed E-state index contributed by atoms with van der Waals surface area (Å²) in [5.41, 5.74) is 7.72. The number of aromatic nitrogens is 1. The summed E-state index contributed by atoms with van der Waals surface area (Å²) in [5.74, 6) is 0.333. The number of aromatic amines is 1. The first-order chi connectivity index (χ1) is 12.6. The number of benzene rings is 2. The molecule has 0 saturated heterocycles. The highest BCUT2D eigenvalue weighted by Gasteiger charge is 2.03. The van der Waals surface area contributed by atoms with Crippen molar-refractivity contribution in [3.63, 3.8) is 0 Å². The summed E-state index contributed by atoms with van der Waals surface area (Å²) in [6, 6.07) is 19.7. The lowest BCUT2D eigenvalue weighted by molar-refractivity contribution is -0.123. The molecule has 1 amide bonds. The Balaban J connectivity index is 1.49. The highest BCUT2D eigenvalue weighted by molar-refractivity contribution is 5.84. The van der Waals surface area contributed by atoms with Gasteiger partial charge in [0.05, 0.1) is 6.21 Å². The molecule has 26 heavy (non-hydrogen) atoms. The molecule has 1 heterocycles. The SMILES string of the molecule is Cc1cc(/C=N/NC(=O)COc2ccc(-c3ccccc3)cc2)c(C)[nH]1. The quantitative estimate of drug-likeness (QED) is 0.526. The van der Waals surface area contributed by atoms with Crippen molar-refractivity contribution in [1.82, 2.24) is 10.4 Å². The Morgan fingerprint density at radius 2 is 1.77 bits per heavy atom. The van der Waals surface area contributed by atoms with Crippen molar-refractivity contribution < 1.29 is 9.53 Å². The fraction of sp³-hybridized carbons (Fsp3) is 0.143. The van der Waals surface area contributed by atoms with Crippen molar-refractivity contribution in [2.75, 3.05) is 6.61 Å². The first-order valence-corrected chi connectivity index (χ1v) is 8.38. The van der Waals surface area contributed by atoms with Crippen LogP contribution in [0.25, 0.3) is 11.1 Å². The average molecular weight is 347 g/mol. The Kier molecular flexibility index (Phi) is 5.49. The molecule has 0 saturated carbocycles. The maximum atomic E-state index is 11.8. The Hall–Kier alpha value is -3.34. The summed E-state index contributed by atoms with van der Waals surface area (Å²) >= 11 is 0. The number of nitrogens with one attached hydrogen (secondary N) is 2. The van der Waals surface area contributed by atoms with Gasteiger partial charge in [0.2, 0.25) is 0 Å². The predicted octanol–water partition coefficient (Wildman–Crippen LogP) is 3.83. The summed E-state index contributed by atoms with van der Waals surface area (Å²) in [4.78, 5) is 15.0. The zero-order valence-corrected chi connectivity index (χ0v) is 14.8. The number of hydrogen-bond donors (Lipinski definition) is 2. The number of hydrazone groups is 1. The van der Waals surface area contributed by atoms with Crippen LogP contribution in [0.5, 0.6) is 5.75 Å². The molecule has 2 N–H and O–H groups in total. The third-order valence-corrected chi connectivity index (χ3v) is 3.91. The van der Waals surface area contributed by atoms with E-state index in [9.17, 15) is 4.79 Å². The maximum absolute atomic E-state index is 11.8. The minimum absolute atomic E-state index is 0.0901. The van der Waals surface area contributed by atoms with Gasteiger partial charge < -0.3 is 9.72 Å². The Morgan fingerprint density at radius 3 is 2.42 bits per heavy atom. The van der Waals surface area contributed by atoms with Crippen LogP contribution in [0.2, 0.25) is 0 Å². The highest BCUT2D eigenvalue weighted by Crippen LogP contribution is 2.21. The highest BCUT2D eigenvalue weighted by atomic mass is 16.5. The molecule has 5 nitrogen and oxygen atoms in total. The number of aryl methyl sites for hydroxylation is 2. The van der Waals surface area contributed by atoms with Crippen LogP contribution in [-0.2, 0) is 4.79 Å². The zero-order valence-electron chi connectivity index (χ0n) is 14.8. The van der Waals surface area contributed by atoms with Gasteiger partial charge in [0.15, 0.2) is 6.61 Å². The van der Waals surface area contributed by atoms with Crippen molar-refractivity contribution in [2.45, 2.75) is 13.8 Å². The summed E-state index contributed by atoms with van der Waals surface area (Å²) in [6.45, 7) is 3.84. The minimum atomic E-state index is -0.307. The van der Waals surface area contributed by atoms with Gasteiger partial charge in [-0.15, -0.1) is 0 Å². The van der Waals surface area contributed by atoms with E-state index >= 15 is 0 Å². The lowest BCUT2D eigenvalue weighted by Gasteiger charge is -2.06. The molecule has 0 fully saturated rings. The molecule has 0 aliphatic carbocycles. The number of H-pyrrole nitrogens is 1. The molecule has 2 aromatic carbocycles. The summed E-state index contributed by atoms with van der Waals surface area (Å²) in [5, 5.41) is 3.96. The van der Waals surface area contributed by atoms with Gasteiger partial charge in [-0.05, 0) is 43.2 Å². The number of amides is 1. The van der Waals surface area contributed by atoms with Gasteiger partial charge in [0.25, 0.3) is 5.91 Å². The second kappa shape index (κ2) is 8.16. The van der Waals surface area contributed by atoms with Crippen LogP contribution in [0.4, 0.5) is 0 Å². The van der Waals surface area contributed by atoms with E-state index in [1.54, 1.807) is 6.21 Å². The van der Waals surface area contributed by atoms with E-state index in [0.717, 1.165) is 28.1 Å². The van der Waals surface area contributed by atoms with Crippen molar-refractivity contribution in [1.29, 1.82) is 0 Å². The molecule has 0 spiro atoms. The molecule has 1 aromatic heterocycles. The Bertz CT molecular complexity index is 897. The van der Waals surface area contributed by atoms with E-state index in [2.05, 4.69) is 27.6 Å². The summed E-state index contributed by atoms with van der Waals surface area (Å²) in [7, 11) is 0. The predicted molar refractivity (Wildman–Crippen MR) is 103 cm³/mol. The van der Waals surface area contributed by atoms with Gasteiger partial charge in [-0.25, -0.2) is 5.43 Å². The van der Waals surface area contributed by atoms with Crippen molar-refractivity contribution in [3.8, 4) is 16.9 Å². The smallest absolute Gasteiger partial charge is 0.277 e. The molecule has 0 aliphatic heterocycles. The molecule has 3 aromatic rings. The van der Waals surface area contributed by atoms with E-state index in [1.807, 2.05) is 62.4 Å². The molecule has 3 rings (SSSR count). The van der Waals surface area contributed by atoms with Crippen LogP contribution in [0, 0.1) is 13.8 Å². The second-order valence-electron chi connectivity index (χ2n) is 6.00. The number of rotatable bonds is 6. The van der Waals surface area contributed by atoms with E-state index in [0.29, 0.717) is 5.75 Å². The second-order valence-corrected chi connectivity index (χ2v) is 6.00. The summed E-state index contributed by atoms with van der Waals surface area (Å²) < 4.78 is 5.50. The van der Waals surface area contributed by atoms with Crippen LogP contribution >= 0.6 is 0 Å². The van der Waals surface area contributed by atoms with Crippen molar-refractivity contribution in [2.24, 2.45) is 5.10 Å². The monoisotopic (exact) mass is 347 g/mol. The molecule has 0 bridgehead atoms. The topological polar surface area (TPSA) is 66.5 Å². The van der Waals surface area contributed by atoms with Crippen molar-refractivity contribution >= 4 is 12.1 Å². The molecule has 0 radical (unpaired) electrons. The maximum Gasteiger partial charge on any atom is 0.277 e. The number of nitrogens with zero attached hydrogens (tertiary/aromatic N) is 1. The lowest BCUT2D eigenvalue weighted by atomic mass is 10.1. The Morgan fingerprint density at radius 1 is 1.08 bits per heavy atom. The van der Waals surface area contributed by atoms with Gasteiger partial charge in [-0.2, -0.15) is 5.10 Å². The van der Waals surface area contributed by atoms with E-state index in [-0.39, 0.29) is 12.5 Å². The lowest BCUT2D eigenvalue weighted by Crippen LogP contribution is -2.24. The van der Waals surface area contributed by atoms with Crippen LogP contribution in [0.3, 0.4) is 0 Å². The fourth-order valence-corrected chi connectivity index (χ4v) is 2.61. The molecule has 0 aliphatic rings. The minimum Gasteiger partial charge on any atom is -0.484 e. The number of carbonyl (C=O) groups excluding carboxylic acids is 1.